The predicted molar refractivity (Wildman–Crippen MR) is 460 cm³/mol. The third-order valence-corrected chi connectivity index (χ3v) is 24.6. The van der Waals surface area contributed by atoms with Gasteiger partial charge in [0.1, 0.15) is 69.8 Å². The van der Waals surface area contributed by atoms with Gasteiger partial charge in [-0.2, -0.15) is 39.9 Å². The monoisotopic (exact) mass is 1680 g/mol. The van der Waals surface area contributed by atoms with Crippen LogP contribution in [0.2, 0.25) is 0 Å². The van der Waals surface area contributed by atoms with Gasteiger partial charge < -0.3 is 82.3 Å². The number of halogens is 4. The van der Waals surface area contributed by atoms with Gasteiger partial charge in [-0.1, -0.05) is 0 Å². The van der Waals surface area contributed by atoms with Crippen molar-refractivity contribution in [1.82, 2.24) is 85.1 Å². The Hall–Kier alpha value is -13.3. The second kappa shape index (κ2) is 32.8. The van der Waals surface area contributed by atoms with E-state index in [0.717, 1.165) is 207 Å². The minimum Gasteiger partial charge on any atom is -0.421 e. The number of nitrogens with two attached hydrogens (primary N) is 3. The van der Waals surface area contributed by atoms with Crippen LogP contribution in [0.15, 0.2) is 98.1 Å². The van der Waals surface area contributed by atoms with Crippen molar-refractivity contribution in [2.75, 3.05) is 128 Å². The van der Waals surface area contributed by atoms with E-state index in [1.807, 2.05) is 20.8 Å². The second-order valence-corrected chi connectivity index (χ2v) is 32.9. The van der Waals surface area contributed by atoms with Crippen LogP contribution in [0.25, 0.3) is 44.5 Å². The molecule has 5 aliphatic heterocycles. The molecule has 124 heavy (non-hydrogen) atoms. The molecular formula is C88H92F4N28O4. The number of ether oxygens (including phenoxy) is 4. The second-order valence-electron chi connectivity index (χ2n) is 32.9. The number of hydrogen-bond donors (Lipinski definition) is 8. The Morgan fingerprint density at radius 1 is 0.387 bits per heavy atom. The summed E-state index contributed by atoms with van der Waals surface area (Å²) in [6.45, 7) is 14.6. The lowest BCUT2D eigenvalue weighted by molar-refractivity contribution is 0.297. The van der Waals surface area contributed by atoms with E-state index in [2.05, 4.69) is 96.0 Å². The van der Waals surface area contributed by atoms with Gasteiger partial charge >= 0.3 is 24.0 Å². The molecule has 4 aromatic carbocycles. The summed E-state index contributed by atoms with van der Waals surface area (Å²) in [6.07, 6.45) is 20.2. The van der Waals surface area contributed by atoms with Gasteiger partial charge in [-0.05, 0) is 153 Å². The summed E-state index contributed by atoms with van der Waals surface area (Å²) in [5.74, 6) is 6.97. The summed E-state index contributed by atoms with van der Waals surface area (Å²) in [5, 5.41) is 15.9. The van der Waals surface area contributed by atoms with Gasteiger partial charge in [-0.25, -0.2) is 57.4 Å². The van der Waals surface area contributed by atoms with Crippen molar-refractivity contribution >= 4 is 46.0 Å². The summed E-state index contributed by atoms with van der Waals surface area (Å²) in [5.41, 5.74) is 36.2. The first-order valence-corrected chi connectivity index (χ1v) is 41.6. The minimum absolute atomic E-state index is 0.0653. The van der Waals surface area contributed by atoms with Crippen LogP contribution in [-0.2, 0) is 25.7 Å². The highest BCUT2D eigenvalue weighted by Gasteiger charge is 2.55. The Bertz CT molecular complexity index is 5960. The van der Waals surface area contributed by atoms with Crippen molar-refractivity contribution in [3.05, 3.63) is 190 Å². The minimum atomic E-state index is -0.299. The van der Waals surface area contributed by atoms with Crippen LogP contribution < -0.4 is 82.3 Å². The maximum atomic E-state index is 14.5. The Morgan fingerprint density at radius 3 is 0.992 bits per heavy atom. The molecule has 0 bridgehead atoms. The molecule has 8 aromatic heterocycles. The van der Waals surface area contributed by atoms with E-state index in [9.17, 15) is 17.6 Å². The normalized spacial score (nSPS) is 18.7. The average Bonchev–Trinajstić information content (AvgIpc) is 1.55. The highest BCUT2D eigenvalue weighted by molar-refractivity contribution is 5.92. The highest BCUT2D eigenvalue weighted by atomic mass is 19.1. The number of aromatic nitrogens is 16. The zero-order chi connectivity index (χ0) is 85.5. The molecule has 6 fully saturated rings. The third-order valence-electron chi connectivity index (χ3n) is 24.6. The molecule has 1 spiro atoms. The molecule has 5 aliphatic carbocycles. The van der Waals surface area contributed by atoms with Crippen molar-refractivity contribution in [3.63, 3.8) is 0 Å². The molecule has 5 saturated heterocycles. The molecular weight excluding hydrogens is 1590 g/mol. The SMILES string of the molecule is CNc1cc(F)cc2c1Cc1nc(Oc3cnc(C)nc3)nc(N3CC(N)C4(CC4)C3)c1-2.CNc1cc(F)cc2c1Cc1nc(Oc3cnc(C)nc3)nc(N3CC4CNC4C3)c1-2.CNc1cc(F)cc2c1Cc1nc(Oc3cnc(C)nc3)nc(N3CCC[C@H](N)C3)c1-2.CNc1cc(F)cc2c1Cc1nc(Oc3cnc(C)nc3)nc(N3CC[C@H](N)C3)c1-2. The predicted octanol–water partition coefficient (Wildman–Crippen LogP) is 11.3. The standard InChI is InChI=1S/C23H24FN7O.C22H22FN7O.C22H24FN7O.C21H22FN7O/c1-12-27-8-14(9-28-12)32-22-29-18-7-15-16(5-13(24)6-17(15)26-2)20(18)21(30-22)31-10-19(25)23(11-31)3-4-23;1-11-25-7-14(8-26-11)31-22-28-18-5-15-16(3-13(23)4-17(15)24-2)20(18)21(29-22)30-9-12-6-27-19(12)10-30;1-12-26-9-15(10-27-12)31-22-28-19-8-16-17(6-13(23)7-18(16)25-2)20(19)21(29-22)30-5-3-4-14(24)11-30;1-11-25-8-14(9-26-11)30-21-27-18-7-15-16(5-12(22)6-17(15)24-2)19(18)20(28-21)29-4-3-13(23)10-29/h5-6,8-9,19,26H,3-4,7,10-11,25H2,1-2H3;3-4,7-8,12,19,24,27H,5-6,9-10H2,1-2H3;6-7,9-10,14,25H,3-5,8,11,24H2,1-2H3;5-6,8-9,13,24H,3-4,7,10,23H2,1-2H3/t;;14-;13-/m..00/s1. The molecule has 22 rings (SSSR count). The van der Waals surface area contributed by atoms with Crippen molar-refractivity contribution in [1.29, 1.82) is 0 Å². The number of nitrogens with zero attached hydrogens (tertiary/aromatic N) is 20. The van der Waals surface area contributed by atoms with E-state index in [1.165, 1.54) is 24.3 Å². The lowest BCUT2D eigenvalue weighted by atomic mass is 9.96. The zero-order valence-corrected chi connectivity index (χ0v) is 69.7. The van der Waals surface area contributed by atoms with Crippen molar-refractivity contribution in [3.8, 4) is 91.5 Å². The fraction of sp³-hybridized carbons (Fsp3) is 0.364. The Kier molecular flexibility index (Phi) is 21.3. The molecule has 12 aromatic rings. The Balaban J connectivity index is 0.000000108. The van der Waals surface area contributed by atoms with E-state index in [0.29, 0.717) is 104 Å². The summed E-state index contributed by atoms with van der Waals surface area (Å²) in [6, 6.07) is 14.0. The molecule has 3 unspecified atom stereocenters. The van der Waals surface area contributed by atoms with Crippen LogP contribution in [-0.4, -0.2) is 191 Å². The van der Waals surface area contributed by atoms with Gasteiger partial charge in [0.25, 0.3) is 0 Å². The fourth-order valence-corrected chi connectivity index (χ4v) is 18.2. The van der Waals surface area contributed by atoms with E-state index < -0.39 is 0 Å². The first-order valence-electron chi connectivity index (χ1n) is 41.6. The largest absolute Gasteiger partial charge is 0.421 e. The van der Waals surface area contributed by atoms with Gasteiger partial charge in [0.2, 0.25) is 0 Å². The molecule has 636 valence electrons. The Morgan fingerprint density at radius 2 is 0.710 bits per heavy atom. The molecule has 11 N–H and O–H groups in total. The van der Waals surface area contributed by atoms with Gasteiger partial charge in [-0.3, -0.25) is 0 Å². The number of anilines is 8. The first-order chi connectivity index (χ1) is 60.1. The fourth-order valence-electron chi connectivity index (χ4n) is 18.2. The number of aryl methyl sites for hydroxylation is 4. The smallest absolute Gasteiger partial charge is 0.324 e. The maximum Gasteiger partial charge on any atom is 0.324 e. The number of rotatable bonds is 16. The molecule has 36 heteroatoms. The van der Waals surface area contributed by atoms with Crippen molar-refractivity contribution in [2.24, 2.45) is 28.5 Å². The molecule has 32 nitrogen and oxygen atoms in total. The van der Waals surface area contributed by atoms with Gasteiger partial charge in [0, 0.05) is 193 Å². The summed E-state index contributed by atoms with van der Waals surface area (Å²) < 4.78 is 81.2. The molecule has 5 atom stereocenters. The first kappa shape index (κ1) is 80.4. The number of hydrogen-bond acceptors (Lipinski definition) is 32. The van der Waals surface area contributed by atoms with Gasteiger partial charge in [-0.15, -0.1) is 0 Å². The van der Waals surface area contributed by atoms with E-state index in [4.69, 9.17) is 66.1 Å². The summed E-state index contributed by atoms with van der Waals surface area (Å²) >= 11 is 0. The maximum absolute atomic E-state index is 14.5. The number of nitrogens with one attached hydrogen (secondary N) is 5. The molecule has 0 radical (unpaired) electrons. The molecule has 1 saturated carbocycles. The van der Waals surface area contributed by atoms with Crippen LogP contribution in [0.3, 0.4) is 0 Å². The molecule has 0 amide bonds. The molecule has 13 heterocycles. The van der Waals surface area contributed by atoms with Crippen LogP contribution in [0.4, 0.5) is 63.6 Å². The van der Waals surface area contributed by atoms with Crippen LogP contribution in [0.1, 0.15) is 100 Å². The third kappa shape index (κ3) is 15.8. The zero-order valence-electron chi connectivity index (χ0n) is 69.7. The topological polar surface area (TPSA) is 394 Å². The highest BCUT2D eigenvalue weighted by Crippen LogP contribution is 2.56. The molecule has 10 aliphatic rings. The van der Waals surface area contributed by atoms with E-state index in [-0.39, 0.29) is 70.9 Å². The van der Waals surface area contributed by atoms with Crippen LogP contribution in [0.5, 0.6) is 47.0 Å². The summed E-state index contributed by atoms with van der Waals surface area (Å²) in [4.78, 5) is 79.9. The van der Waals surface area contributed by atoms with Crippen molar-refractivity contribution in [2.45, 2.75) is 110 Å². The number of fused-ring (bicyclic) bond motifs is 13. The lowest BCUT2D eigenvalue weighted by Gasteiger charge is -2.33. The van der Waals surface area contributed by atoms with Crippen LogP contribution in [0, 0.1) is 62.3 Å². The van der Waals surface area contributed by atoms with Crippen LogP contribution >= 0.6 is 0 Å². The summed E-state index contributed by atoms with van der Waals surface area (Å²) in [7, 11) is 7.18. The Labute approximate surface area is 711 Å². The number of piperidine rings is 1. The average molecular weight is 1680 g/mol. The number of benzene rings is 4. The van der Waals surface area contributed by atoms with Gasteiger partial charge in [0.05, 0.1) is 72.4 Å². The van der Waals surface area contributed by atoms with Gasteiger partial charge in [0.15, 0.2) is 23.0 Å². The van der Waals surface area contributed by atoms with E-state index in [1.54, 1.807) is 109 Å². The van der Waals surface area contributed by atoms with Crippen molar-refractivity contribution < 1.29 is 36.5 Å². The van der Waals surface area contributed by atoms with E-state index >= 15 is 0 Å². The quantitative estimate of drug-likeness (QED) is 0.0417. The lowest BCUT2D eigenvalue weighted by Crippen LogP contribution is -2.51.